The molecule has 0 saturated carbocycles. The maximum atomic E-state index is 13.1. The first-order valence-corrected chi connectivity index (χ1v) is 10.8. The van der Waals surface area contributed by atoms with Gasteiger partial charge in [0.2, 0.25) is 14.9 Å². The summed E-state index contributed by atoms with van der Waals surface area (Å²) in [6.45, 7) is 4.54. The van der Waals surface area contributed by atoms with Crippen molar-refractivity contribution >= 4 is 44.0 Å². The number of nitrogens with zero attached hydrogens (tertiary/aromatic N) is 3. The van der Waals surface area contributed by atoms with Crippen molar-refractivity contribution in [2.75, 3.05) is 25.2 Å². The first-order chi connectivity index (χ1) is 13.2. The highest BCUT2D eigenvalue weighted by Crippen LogP contribution is 2.36. The quantitative estimate of drug-likeness (QED) is 0.685. The molecule has 1 unspecified atom stereocenters. The Balaban J connectivity index is 2.08. The number of benzene rings is 1. The first-order valence-electron chi connectivity index (χ1n) is 8.96. The monoisotopic (exact) mass is 427 g/mol. The van der Waals surface area contributed by atoms with Crippen LogP contribution in [-0.4, -0.2) is 56.5 Å². The van der Waals surface area contributed by atoms with E-state index in [-0.39, 0.29) is 15.6 Å². The molecule has 0 aliphatic carbocycles. The fourth-order valence-electron chi connectivity index (χ4n) is 3.28. The van der Waals surface area contributed by atoms with Gasteiger partial charge in [-0.15, -0.1) is 0 Å². The summed E-state index contributed by atoms with van der Waals surface area (Å²) in [7, 11) is -2.93. The minimum Gasteiger partial charge on any atom is -0.467 e. The summed E-state index contributed by atoms with van der Waals surface area (Å²) in [5.74, 6) is -0.796. The summed E-state index contributed by atoms with van der Waals surface area (Å²) < 4.78 is 31.0. The highest BCUT2D eigenvalue weighted by Gasteiger charge is 2.42. The van der Waals surface area contributed by atoms with Crippen molar-refractivity contribution in [2.45, 2.75) is 37.6 Å². The van der Waals surface area contributed by atoms with E-state index in [0.29, 0.717) is 19.0 Å². The van der Waals surface area contributed by atoms with E-state index in [0.717, 1.165) is 12.8 Å². The van der Waals surface area contributed by atoms with Gasteiger partial charge in [-0.1, -0.05) is 18.5 Å². The lowest BCUT2D eigenvalue weighted by Gasteiger charge is -2.34. The molecule has 2 aliphatic heterocycles. The van der Waals surface area contributed by atoms with Gasteiger partial charge in [-0.25, -0.2) is 18.2 Å². The number of amides is 1. The second-order valence-electron chi connectivity index (χ2n) is 7.04. The van der Waals surface area contributed by atoms with Crippen molar-refractivity contribution in [2.24, 2.45) is 11.0 Å². The summed E-state index contributed by atoms with van der Waals surface area (Å²) in [6, 6.07) is 3.21. The van der Waals surface area contributed by atoms with E-state index in [1.807, 2.05) is 0 Å². The third-order valence-electron chi connectivity index (χ3n) is 5.07. The largest absolute Gasteiger partial charge is 0.467 e. The second-order valence-corrected chi connectivity index (χ2v) is 9.31. The van der Waals surface area contributed by atoms with Gasteiger partial charge in [0.25, 0.3) is 5.91 Å². The molecule has 1 aromatic carbocycles. The van der Waals surface area contributed by atoms with E-state index in [2.05, 4.69) is 12.0 Å². The van der Waals surface area contributed by atoms with E-state index in [1.54, 1.807) is 0 Å². The van der Waals surface area contributed by atoms with Crippen molar-refractivity contribution in [3.63, 3.8) is 0 Å². The van der Waals surface area contributed by atoms with Gasteiger partial charge in [0.1, 0.15) is 6.04 Å². The molecule has 2 aliphatic rings. The van der Waals surface area contributed by atoms with Crippen LogP contribution in [0.2, 0.25) is 5.02 Å². The Bertz CT molecular complexity index is 939. The average Bonchev–Trinajstić information content (AvgIpc) is 2.66. The molecule has 3 rings (SSSR count). The number of rotatable bonds is 3. The highest BCUT2D eigenvalue weighted by atomic mass is 35.5. The number of ether oxygens (including phenoxy) is 1. The average molecular weight is 428 g/mol. The molecule has 0 N–H and O–H groups in total. The van der Waals surface area contributed by atoms with E-state index in [1.165, 1.54) is 42.1 Å². The fourth-order valence-corrected chi connectivity index (χ4v) is 4.88. The van der Waals surface area contributed by atoms with E-state index >= 15 is 0 Å². The lowest BCUT2D eigenvalue weighted by molar-refractivity contribution is -0.141. The van der Waals surface area contributed by atoms with Crippen LogP contribution in [0.15, 0.2) is 28.2 Å². The predicted octanol–water partition coefficient (Wildman–Crippen LogP) is 2.07. The number of piperidine rings is 1. The van der Waals surface area contributed by atoms with Crippen molar-refractivity contribution in [3.8, 4) is 0 Å². The number of carbonyl (C=O) groups excluding carboxylic acids is 2. The Morgan fingerprint density at radius 3 is 2.54 bits per heavy atom. The number of methoxy groups -OCH3 is 1. The predicted molar refractivity (Wildman–Crippen MR) is 105 cm³/mol. The molecule has 0 spiro atoms. The molecule has 1 amide bonds. The standard InChI is InChI=1S/C18H22ClN3O5S/c1-11-6-8-21(9-7-11)17(23)16-20-22(12(2)18(24)27-3)14-10-13(19)4-5-15(14)28(16,25)26/h4-5,10-12H,6-9H2,1-3H3. The lowest BCUT2D eigenvalue weighted by atomic mass is 9.99. The van der Waals surface area contributed by atoms with Gasteiger partial charge in [0, 0.05) is 18.1 Å². The molecule has 28 heavy (non-hydrogen) atoms. The Labute approximate surface area is 169 Å². The van der Waals surface area contributed by atoms with Crippen LogP contribution in [0.4, 0.5) is 5.69 Å². The summed E-state index contributed by atoms with van der Waals surface area (Å²) in [5.41, 5.74) is 0.134. The maximum absolute atomic E-state index is 13.1. The van der Waals surface area contributed by atoms with Crippen LogP contribution in [0.3, 0.4) is 0 Å². The molecule has 1 saturated heterocycles. The molecular formula is C18H22ClN3O5S. The number of halogens is 1. The fraction of sp³-hybridized carbons (Fsp3) is 0.500. The van der Waals surface area contributed by atoms with E-state index in [9.17, 15) is 18.0 Å². The van der Waals surface area contributed by atoms with Crippen LogP contribution in [0, 0.1) is 5.92 Å². The van der Waals surface area contributed by atoms with Crippen LogP contribution in [0.25, 0.3) is 0 Å². The van der Waals surface area contributed by atoms with Crippen molar-refractivity contribution in [1.29, 1.82) is 0 Å². The Kier molecular flexibility index (Phi) is 5.67. The number of fused-ring (bicyclic) bond motifs is 1. The summed E-state index contributed by atoms with van der Waals surface area (Å²) >= 11 is 6.03. The molecule has 0 bridgehead atoms. The van der Waals surface area contributed by atoms with Gasteiger partial charge >= 0.3 is 5.97 Å². The minimum atomic E-state index is -4.15. The molecule has 8 nitrogen and oxygen atoms in total. The number of sulfone groups is 1. The van der Waals surface area contributed by atoms with Gasteiger partial charge in [0.05, 0.1) is 17.7 Å². The van der Waals surface area contributed by atoms with Gasteiger partial charge in [0.15, 0.2) is 0 Å². The van der Waals surface area contributed by atoms with Crippen LogP contribution in [0.1, 0.15) is 26.7 Å². The number of hydrazone groups is 1. The summed E-state index contributed by atoms with van der Waals surface area (Å²) in [4.78, 5) is 26.5. The van der Waals surface area contributed by atoms with Crippen LogP contribution in [-0.2, 0) is 24.2 Å². The SMILES string of the molecule is COC(=O)C(C)N1N=C(C(=O)N2CCC(C)CC2)S(=O)(=O)c2ccc(Cl)cc21. The second kappa shape index (κ2) is 7.71. The van der Waals surface area contributed by atoms with E-state index < -0.39 is 32.8 Å². The number of esters is 1. The Morgan fingerprint density at radius 1 is 1.29 bits per heavy atom. The van der Waals surface area contributed by atoms with Crippen LogP contribution < -0.4 is 5.01 Å². The summed E-state index contributed by atoms with van der Waals surface area (Å²) in [5, 5.41) is 4.97. The van der Waals surface area contributed by atoms with Crippen LogP contribution in [0.5, 0.6) is 0 Å². The molecule has 0 radical (unpaired) electrons. The van der Waals surface area contributed by atoms with Crippen molar-refractivity contribution in [3.05, 3.63) is 23.2 Å². The van der Waals surface area contributed by atoms with Gasteiger partial charge < -0.3 is 9.64 Å². The normalized spacial score (nSPS) is 20.2. The maximum Gasteiger partial charge on any atom is 0.330 e. The smallest absolute Gasteiger partial charge is 0.330 e. The zero-order valence-corrected chi connectivity index (χ0v) is 17.5. The molecule has 2 heterocycles. The van der Waals surface area contributed by atoms with Gasteiger partial charge in [-0.2, -0.15) is 5.10 Å². The molecule has 10 heteroatoms. The molecule has 152 valence electrons. The van der Waals surface area contributed by atoms with Gasteiger partial charge in [-0.3, -0.25) is 4.79 Å². The lowest BCUT2D eigenvalue weighted by Crippen LogP contribution is -2.48. The molecular weight excluding hydrogens is 406 g/mol. The van der Waals surface area contributed by atoms with Crippen molar-refractivity contribution < 1.29 is 22.7 Å². The topological polar surface area (TPSA) is 96.3 Å². The number of carbonyl (C=O) groups is 2. The third kappa shape index (κ3) is 3.60. The molecule has 1 atom stereocenters. The number of hydrogen-bond donors (Lipinski definition) is 0. The molecule has 0 aromatic heterocycles. The highest BCUT2D eigenvalue weighted by molar-refractivity contribution is 8.08. The third-order valence-corrected chi connectivity index (χ3v) is 7.00. The van der Waals surface area contributed by atoms with Crippen molar-refractivity contribution in [1.82, 2.24) is 4.90 Å². The molecule has 1 fully saturated rings. The number of anilines is 1. The minimum absolute atomic E-state index is 0.114. The zero-order valence-electron chi connectivity index (χ0n) is 15.9. The Morgan fingerprint density at radius 2 is 1.93 bits per heavy atom. The zero-order chi connectivity index (χ0) is 20.6. The summed E-state index contributed by atoms with van der Waals surface area (Å²) in [6.07, 6.45) is 1.60. The van der Waals surface area contributed by atoms with Crippen LogP contribution >= 0.6 is 11.6 Å². The molecule has 1 aromatic rings. The number of hydrogen-bond acceptors (Lipinski definition) is 7. The number of likely N-dealkylation sites (tertiary alicyclic amines) is 1. The van der Waals surface area contributed by atoms with E-state index in [4.69, 9.17) is 16.3 Å². The first kappa shape index (κ1) is 20.6. The van der Waals surface area contributed by atoms with Gasteiger partial charge in [-0.05, 0) is 43.9 Å². The Hall–Kier alpha value is -2.13.